The summed E-state index contributed by atoms with van der Waals surface area (Å²) in [5.74, 6) is 0.100. The fourth-order valence-electron chi connectivity index (χ4n) is 3.28. The van der Waals surface area contributed by atoms with Gasteiger partial charge in [0, 0.05) is 26.2 Å². The summed E-state index contributed by atoms with van der Waals surface area (Å²) in [5, 5.41) is 0. The van der Waals surface area contributed by atoms with Crippen molar-refractivity contribution in [2.45, 2.75) is 38.5 Å². The predicted molar refractivity (Wildman–Crippen MR) is 97.1 cm³/mol. The highest BCUT2D eigenvalue weighted by Crippen LogP contribution is 2.31. The maximum atomic E-state index is 13.1. The van der Waals surface area contributed by atoms with Crippen LogP contribution in [0.2, 0.25) is 0 Å². The van der Waals surface area contributed by atoms with Crippen LogP contribution in [0.15, 0.2) is 23.1 Å². The number of amides is 1. The molecule has 1 saturated heterocycles. The molecule has 0 radical (unpaired) electrons. The van der Waals surface area contributed by atoms with Crippen LogP contribution in [0.1, 0.15) is 32.3 Å². The normalized spacial score (nSPS) is 18.8. The summed E-state index contributed by atoms with van der Waals surface area (Å²) in [5.41, 5.74) is 0.854. The molecule has 1 atom stereocenters. The van der Waals surface area contributed by atoms with Crippen molar-refractivity contribution in [3.8, 4) is 5.75 Å². The molecular formula is C18H28N2O4S. The molecule has 0 spiro atoms. The Labute approximate surface area is 150 Å². The Hall–Kier alpha value is -1.60. The number of hydrogen-bond donors (Lipinski definition) is 0. The molecule has 1 heterocycles. The van der Waals surface area contributed by atoms with E-state index >= 15 is 0 Å². The van der Waals surface area contributed by atoms with E-state index in [0.717, 1.165) is 12.0 Å². The first-order valence-corrected chi connectivity index (χ1v) is 10.2. The third kappa shape index (κ3) is 4.15. The van der Waals surface area contributed by atoms with Gasteiger partial charge in [-0.3, -0.25) is 4.79 Å². The molecule has 0 bridgehead atoms. The zero-order valence-corrected chi connectivity index (χ0v) is 16.3. The molecule has 25 heavy (non-hydrogen) atoms. The van der Waals surface area contributed by atoms with Gasteiger partial charge >= 0.3 is 0 Å². The number of aryl methyl sites for hydroxylation is 1. The lowest BCUT2D eigenvalue weighted by Crippen LogP contribution is -2.46. The number of benzene rings is 1. The highest BCUT2D eigenvalue weighted by atomic mass is 32.2. The van der Waals surface area contributed by atoms with E-state index in [1.165, 1.54) is 11.4 Å². The third-order valence-electron chi connectivity index (χ3n) is 4.75. The molecule has 1 aliphatic heterocycles. The van der Waals surface area contributed by atoms with Gasteiger partial charge in [0.2, 0.25) is 15.9 Å². The molecule has 6 nitrogen and oxygen atoms in total. The zero-order chi connectivity index (χ0) is 18.6. The Morgan fingerprint density at radius 3 is 2.60 bits per heavy atom. The van der Waals surface area contributed by atoms with Crippen LogP contribution in [-0.4, -0.2) is 56.8 Å². The molecule has 1 aromatic carbocycles. The molecule has 0 saturated carbocycles. The maximum absolute atomic E-state index is 13.1. The van der Waals surface area contributed by atoms with Gasteiger partial charge < -0.3 is 9.64 Å². The van der Waals surface area contributed by atoms with Crippen molar-refractivity contribution in [2.24, 2.45) is 5.92 Å². The molecule has 0 aliphatic carbocycles. The third-order valence-corrected chi connectivity index (χ3v) is 6.63. The standard InChI is InChI=1S/C18H28N2O4S/c1-5-19(6-2)18(21)15-8-7-11-20(13-15)25(22,23)17-12-14(3)9-10-16(17)24-4/h9-10,12,15H,5-8,11,13H2,1-4H3/t15-/m1/s1. The Balaban J connectivity index is 2.28. The van der Waals surface area contributed by atoms with E-state index in [2.05, 4.69) is 0 Å². The number of ether oxygens (including phenoxy) is 1. The van der Waals surface area contributed by atoms with Crippen LogP contribution in [-0.2, 0) is 14.8 Å². The van der Waals surface area contributed by atoms with Crippen LogP contribution in [0.25, 0.3) is 0 Å². The highest BCUT2D eigenvalue weighted by Gasteiger charge is 2.35. The van der Waals surface area contributed by atoms with Crippen molar-refractivity contribution < 1.29 is 17.9 Å². The molecule has 0 N–H and O–H groups in total. The van der Waals surface area contributed by atoms with Crippen LogP contribution in [0, 0.1) is 12.8 Å². The monoisotopic (exact) mass is 368 g/mol. The first-order valence-electron chi connectivity index (χ1n) is 8.78. The van der Waals surface area contributed by atoms with E-state index in [9.17, 15) is 13.2 Å². The molecule has 140 valence electrons. The SMILES string of the molecule is CCN(CC)C(=O)[C@@H]1CCCN(S(=O)(=O)c2cc(C)ccc2OC)C1. The summed E-state index contributed by atoms with van der Waals surface area (Å²) in [4.78, 5) is 14.6. The highest BCUT2D eigenvalue weighted by molar-refractivity contribution is 7.89. The Kier molecular flexibility index (Phi) is 6.46. The molecule has 2 rings (SSSR count). The first-order chi connectivity index (χ1) is 11.8. The first kappa shape index (κ1) is 19.7. The van der Waals surface area contributed by atoms with E-state index in [-0.39, 0.29) is 23.3 Å². The summed E-state index contributed by atoms with van der Waals surface area (Å²) in [6, 6.07) is 5.12. The minimum absolute atomic E-state index is 0.0427. The van der Waals surface area contributed by atoms with E-state index in [1.54, 1.807) is 17.0 Å². The average Bonchev–Trinajstić information content (AvgIpc) is 2.62. The van der Waals surface area contributed by atoms with Crippen LogP contribution in [0.5, 0.6) is 5.75 Å². The van der Waals surface area contributed by atoms with Crippen molar-refractivity contribution in [1.29, 1.82) is 0 Å². The van der Waals surface area contributed by atoms with E-state index < -0.39 is 10.0 Å². The number of rotatable bonds is 6. The molecule has 1 aromatic rings. The second-order valence-corrected chi connectivity index (χ2v) is 8.27. The number of sulfonamides is 1. The van der Waals surface area contributed by atoms with Crippen molar-refractivity contribution in [1.82, 2.24) is 9.21 Å². The number of carbonyl (C=O) groups excluding carboxylic acids is 1. The van der Waals surface area contributed by atoms with Crippen LogP contribution >= 0.6 is 0 Å². The van der Waals surface area contributed by atoms with Gasteiger partial charge in [0.1, 0.15) is 10.6 Å². The van der Waals surface area contributed by atoms with Crippen molar-refractivity contribution >= 4 is 15.9 Å². The summed E-state index contributed by atoms with van der Waals surface area (Å²) in [6.07, 6.45) is 1.41. The minimum atomic E-state index is -3.70. The smallest absolute Gasteiger partial charge is 0.246 e. The van der Waals surface area contributed by atoms with Crippen molar-refractivity contribution in [3.05, 3.63) is 23.8 Å². The van der Waals surface area contributed by atoms with E-state index in [1.807, 2.05) is 26.8 Å². The van der Waals surface area contributed by atoms with Gasteiger partial charge in [0.25, 0.3) is 0 Å². The van der Waals surface area contributed by atoms with Crippen LogP contribution in [0.3, 0.4) is 0 Å². The van der Waals surface area contributed by atoms with Crippen molar-refractivity contribution in [2.75, 3.05) is 33.3 Å². The quantitative estimate of drug-likeness (QED) is 0.773. The topological polar surface area (TPSA) is 66.9 Å². The largest absolute Gasteiger partial charge is 0.495 e. The summed E-state index contributed by atoms with van der Waals surface area (Å²) >= 11 is 0. The zero-order valence-electron chi connectivity index (χ0n) is 15.5. The van der Waals surface area contributed by atoms with E-state index in [0.29, 0.717) is 31.8 Å². The Morgan fingerprint density at radius 2 is 2.00 bits per heavy atom. The summed E-state index contributed by atoms with van der Waals surface area (Å²) in [7, 11) is -2.23. The second kappa shape index (κ2) is 8.19. The molecule has 0 aromatic heterocycles. The number of carbonyl (C=O) groups is 1. The summed E-state index contributed by atoms with van der Waals surface area (Å²) in [6.45, 7) is 7.68. The van der Waals surface area contributed by atoms with Crippen molar-refractivity contribution in [3.63, 3.8) is 0 Å². The van der Waals surface area contributed by atoms with Crippen LogP contribution in [0.4, 0.5) is 0 Å². The Bertz CT molecular complexity index is 714. The molecule has 1 amide bonds. The van der Waals surface area contributed by atoms with Gasteiger partial charge in [0.05, 0.1) is 13.0 Å². The maximum Gasteiger partial charge on any atom is 0.246 e. The number of hydrogen-bond acceptors (Lipinski definition) is 4. The summed E-state index contributed by atoms with van der Waals surface area (Å²) < 4.78 is 32.9. The molecule has 7 heteroatoms. The second-order valence-electron chi connectivity index (χ2n) is 6.37. The lowest BCUT2D eigenvalue weighted by molar-refractivity contribution is -0.136. The van der Waals surface area contributed by atoms with Gasteiger partial charge in [-0.1, -0.05) is 6.07 Å². The van der Waals surface area contributed by atoms with Crippen LogP contribution < -0.4 is 4.74 Å². The fourth-order valence-corrected chi connectivity index (χ4v) is 5.04. The average molecular weight is 368 g/mol. The Morgan fingerprint density at radius 1 is 1.32 bits per heavy atom. The lowest BCUT2D eigenvalue weighted by atomic mass is 9.98. The van der Waals surface area contributed by atoms with E-state index in [4.69, 9.17) is 4.74 Å². The van der Waals surface area contributed by atoms with Gasteiger partial charge in [0.15, 0.2) is 0 Å². The molecular weight excluding hydrogens is 340 g/mol. The molecule has 1 fully saturated rings. The van der Waals surface area contributed by atoms with Gasteiger partial charge in [-0.05, 0) is 51.3 Å². The van der Waals surface area contributed by atoms with Gasteiger partial charge in [-0.25, -0.2) is 8.42 Å². The minimum Gasteiger partial charge on any atom is -0.495 e. The lowest BCUT2D eigenvalue weighted by Gasteiger charge is -2.34. The van der Waals surface area contributed by atoms with Gasteiger partial charge in [-0.15, -0.1) is 0 Å². The number of methoxy groups -OCH3 is 1. The molecule has 1 aliphatic rings. The van der Waals surface area contributed by atoms with Gasteiger partial charge in [-0.2, -0.15) is 4.31 Å². The predicted octanol–water partition coefficient (Wildman–Crippen LogP) is 2.27. The number of piperidine rings is 1. The number of nitrogens with zero attached hydrogens (tertiary/aromatic N) is 2. The fraction of sp³-hybridized carbons (Fsp3) is 0.611. The molecule has 0 unspecified atom stereocenters.